The molecule has 29 heavy (non-hydrogen) atoms. The van der Waals surface area contributed by atoms with Gasteiger partial charge in [-0.3, -0.25) is 4.90 Å². The molecule has 8 heteroatoms. The maximum atomic E-state index is 12.7. The van der Waals surface area contributed by atoms with Crippen molar-refractivity contribution in [3.63, 3.8) is 0 Å². The van der Waals surface area contributed by atoms with Gasteiger partial charge in [0.2, 0.25) is 0 Å². The molecule has 0 spiro atoms. The molecule has 1 amide bonds. The van der Waals surface area contributed by atoms with Crippen LogP contribution < -0.4 is 0 Å². The molecule has 0 saturated carbocycles. The van der Waals surface area contributed by atoms with E-state index in [4.69, 9.17) is 26.4 Å². The van der Waals surface area contributed by atoms with Crippen LogP contribution in [0, 0.1) is 0 Å². The van der Waals surface area contributed by atoms with Crippen molar-refractivity contribution in [1.29, 1.82) is 0 Å². The summed E-state index contributed by atoms with van der Waals surface area (Å²) in [5.74, 6) is -0.389. The van der Waals surface area contributed by atoms with E-state index in [0.29, 0.717) is 30.1 Å². The third kappa shape index (κ3) is 6.40. The minimum absolute atomic E-state index is 0.188. The van der Waals surface area contributed by atoms with Gasteiger partial charge >= 0.3 is 12.1 Å². The highest BCUT2D eigenvalue weighted by molar-refractivity contribution is 7.80. The lowest BCUT2D eigenvalue weighted by Crippen LogP contribution is -2.46. The number of amides is 1. The van der Waals surface area contributed by atoms with Crippen molar-refractivity contribution < 1.29 is 23.8 Å². The van der Waals surface area contributed by atoms with Crippen LogP contribution in [-0.2, 0) is 20.8 Å². The van der Waals surface area contributed by atoms with Crippen molar-refractivity contribution in [3.05, 3.63) is 35.4 Å². The molecule has 1 saturated heterocycles. The number of hydrogen-bond acceptors (Lipinski definition) is 6. The Hall–Kier alpha value is -2.19. The molecular weight excluding hydrogens is 392 g/mol. The van der Waals surface area contributed by atoms with Gasteiger partial charge in [-0.05, 0) is 38.5 Å². The first kappa shape index (κ1) is 23.1. The Balaban J connectivity index is 2.07. The summed E-state index contributed by atoms with van der Waals surface area (Å²) >= 11 is 5.53. The van der Waals surface area contributed by atoms with E-state index in [1.54, 1.807) is 23.1 Å². The van der Waals surface area contributed by atoms with Crippen LogP contribution in [0.4, 0.5) is 4.79 Å². The van der Waals surface area contributed by atoms with E-state index >= 15 is 0 Å². The molecule has 1 fully saturated rings. The fourth-order valence-electron chi connectivity index (χ4n) is 3.09. The number of carbonyl (C=O) groups is 2. The molecule has 2 atom stereocenters. The topological polar surface area (TPSA) is 68.3 Å². The van der Waals surface area contributed by atoms with Gasteiger partial charge in [-0.2, -0.15) is 0 Å². The maximum absolute atomic E-state index is 12.7. The summed E-state index contributed by atoms with van der Waals surface area (Å²) in [6, 6.07) is 6.85. The van der Waals surface area contributed by atoms with Gasteiger partial charge in [0.1, 0.15) is 10.6 Å². The first-order chi connectivity index (χ1) is 13.5. The molecule has 1 aliphatic heterocycles. The summed E-state index contributed by atoms with van der Waals surface area (Å²) < 4.78 is 16.4. The molecule has 0 aromatic heterocycles. The summed E-state index contributed by atoms with van der Waals surface area (Å²) in [5, 5.41) is 0. The molecule has 160 valence electrons. The van der Waals surface area contributed by atoms with Crippen LogP contribution in [0.15, 0.2) is 24.3 Å². The predicted molar refractivity (Wildman–Crippen MR) is 114 cm³/mol. The van der Waals surface area contributed by atoms with Gasteiger partial charge in [0.05, 0.1) is 38.0 Å². The molecule has 1 aromatic rings. The zero-order valence-electron chi connectivity index (χ0n) is 17.9. The summed E-state index contributed by atoms with van der Waals surface area (Å²) in [5.41, 5.74) is 0.742. The van der Waals surface area contributed by atoms with Crippen molar-refractivity contribution in [2.24, 2.45) is 0 Å². The Morgan fingerprint density at radius 1 is 1.28 bits per heavy atom. The second-order valence-corrected chi connectivity index (χ2v) is 8.66. The number of methoxy groups -OCH3 is 1. The normalized spacial score (nSPS) is 19.0. The van der Waals surface area contributed by atoms with Crippen LogP contribution in [0.3, 0.4) is 0 Å². The molecule has 7 nitrogen and oxygen atoms in total. The van der Waals surface area contributed by atoms with Crippen LogP contribution in [0.2, 0.25) is 0 Å². The largest absolute Gasteiger partial charge is 0.465 e. The average Bonchev–Trinajstić information content (AvgIpc) is 3.08. The molecule has 1 aromatic carbocycles. The molecule has 1 heterocycles. The Labute approximate surface area is 177 Å². The van der Waals surface area contributed by atoms with Crippen LogP contribution in [0.1, 0.15) is 43.1 Å². The van der Waals surface area contributed by atoms with Crippen molar-refractivity contribution >= 4 is 29.3 Å². The number of likely N-dealkylation sites (tertiary alicyclic amines) is 1. The molecule has 0 aliphatic carbocycles. The summed E-state index contributed by atoms with van der Waals surface area (Å²) in [6.45, 7) is 6.22. The van der Waals surface area contributed by atoms with Crippen molar-refractivity contribution in [2.45, 2.75) is 51.5 Å². The fourth-order valence-corrected chi connectivity index (χ4v) is 3.32. The lowest BCUT2D eigenvalue weighted by atomic mass is 10.1. The van der Waals surface area contributed by atoms with Gasteiger partial charge in [-0.15, -0.1) is 0 Å². The molecule has 0 unspecified atom stereocenters. The number of carbonyl (C=O) groups excluding carboxylic acids is 2. The monoisotopic (exact) mass is 422 g/mol. The van der Waals surface area contributed by atoms with Gasteiger partial charge in [0.25, 0.3) is 0 Å². The number of ether oxygens (including phenoxy) is 3. The second-order valence-electron chi connectivity index (χ2n) is 8.24. The molecule has 2 rings (SSSR count). The zero-order valence-corrected chi connectivity index (χ0v) is 18.7. The smallest absolute Gasteiger partial charge is 0.410 e. The van der Waals surface area contributed by atoms with E-state index in [1.807, 2.05) is 45.8 Å². The number of nitrogens with zero attached hydrogens (tertiary/aromatic N) is 2. The van der Waals surface area contributed by atoms with E-state index in [0.717, 1.165) is 5.56 Å². The standard InChI is InChI=1S/C21H30N2O5S/c1-21(2,3)28-20(25)23-12-16(11-17(23)18(29)22(4)5)27-13-14-8-7-9-15(10-14)19(24)26-6/h7-10,16-17H,11-13H2,1-6H3/t16-,17+/m1/s1. The lowest BCUT2D eigenvalue weighted by molar-refractivity contribution is 0.0168. The SMILES string of the molecule is COC(=O)c1cccc(CO[C@@H]2C[C@@H](C(=S)N(C)C)N(C(=O)OC(C)(C)C)C2)c1. The van der Waals surface area contributed by atoms with Crippen LogP contribution in [0.25, 0.3) is 0 Å². The van der Waals surface area contributed by atoms with Crippen molar-refractivity contribution in [1.82, 2.24) is 9.80 Å². The molecule has 0 bridgehead atoms. The zero-order chi connectivity index (χ0) is 21.8. The first-order valence-corrected chi connectivity index (χ1v) is 9.92. The number of benzene rings is 1. The third-order valence-electron chi connectivity index (χ3n) is 4.45. The number of esters is 1. The minimum Gasteiger partial charge on any atom is -0.465 e. The maximum Gasteiger partial charge on any atom is 0.410 e. The Kier molecular flexibility index (Phi) is 7.60. The molecular formula is C21H30N2O5S. The van der Waals surface area contributed by atoms with Crippen LogP contribution in [0.5, 0.6) is 0 Å². The van der Waals surface area contributed by atoms with Gasteiger partial charge in [-0.1, -0.05) is 24.4 Å². The Morgan fingerprint density at radius 3 is 2.55 bits per heavy atom. The highest BCUT2D eigenvalue weighted by Crippen LogP contribution is 2.26. The molecule has 1 aliphatic rings. The number of likely N-dealkylation sites (N-methyl/N-ethyl adjacent to an activating group) is 1. The first-order valence-electron chi connectivity index (χ1n) is 9.51. The van der Waals surface area contributed by atoms with Gasteiger partial charge in [-0.25, -0.2) is 9.59 Å². The highest BCUT2D eigenvalue weighted by Gasteiger charge is 2.40. The van der Waals surface area contributed by atoms with Crippen LogP contribution in [-0.4, -0.2) is 72.3 Å². The van der Waals surface area contributed by atoms with E-state index < -0.39 is 11.7 Å². The summed E-state index contributed by atoms with van der Waals surface area (Å²) in [4.78, 5) is 28.5. The Bertz CT molecular complexity index is 760. The average molecular weight is 423 g/mol. The van der Waals surface area contributed by atoms with E-state index in [2.05, 4.69) is 0 Å². The lowest BCUT2D eigenvalue weighted by Gasteiger charge is -2.30. The van der Waals surface area contributed by atoms with E-state index in [1.165, 1.54) is 7.11 Å². The van der Waals surface area contributed by atoms with Gasteiger partial charge in [0, 0.05) is 20.5 Å². The quantitative estimate of drug-likeness (QED) is 0.533. The predicted octanol–water partition coefficient (Wildman–Crippen LogP) is 3.26. The molecule has 0 N–H and O–H groups in total. The minimum atomic E-state index is -0.589. The van der Waals surface area contributed by atoms with E-state index in [9.17, 15) is 9.59 Å². The third-order valence-corrected chi connectivity index (χ3v) is 5.09. The van der Waals surface area contributed by atoms with Crippen molar-refractivity contribution in [3.8, 4) is 0 Å². The van der Waals surface area contributed by atoms with Crippen LogP contribution >= 0.6 is 12.2 Å². The highest BCUT2D eigenvalue weighted by atomic mass is 32.1. The van der Waals surface area contributed by atoms with Gasteiger partial charge < -0.3 is 19.1 Å². The summed E-state index contributed by atoms with van der Waals surface area (Å²) in [6.07, 6.45) is 0.00475. The fraction of sp³-hybridized carbons (Fsp3) is 0.571. The number of thiocarbonyl (C=S) groups is 1. The number of rotatable bonds is 5. The second kappa shape index (κ2) is 9.54. The Morgan fingerprint density at radius 2 is 1.97 bits per heavy atom. The molecule has 0 radical (unpaired) electrons. The van der Waals surface area contributed by atoms with Gasteiger partial charge in [0.15, 0.2) is 0 Å². The van der Waals surface area contributed by atoms with Crippen molar-refractivity contribution in [2.75, 3.05) is 27.7 Å². The summed E-state index contributed by atoms with van der Waals surface area (Å²) in [7, 11) is 5.08. The number of hydrogen-bond donors (Lipinski definition) is 0. The van der Waals surface area contributed by atoms with E-state index in [-0.39, 0.29) is 18.1 Å².